The first-order valence-corrected chi connectivity index (χ1v) is 5.67. The second-order valence-electron chi connectivity index (χ2n) is 4.04. The first kappa shape index (κ1) is 12.3. The van der Waals surface area contributed by atoms with Crippen LogP contribution in [0.2, 0.25) is 0 Å². The summed E-state index contributed by atoms with van der Waals surface area (Å²) in [6, 6.07) is 10.3. The molecule has 0 aliphatic rings. The van der Waals surface area contributed by atoms with Crippen LogP contribution < -0.4 is 11.1 Å². The molecule has 0 aliphatic carbocycles. The summed E-state index contributed by atoms with van der Waals surface area (Å²) < 4.78 is 4.91. The molecule has 1 aromatic carbocycles. The van der Waals surface area contributed by atoms with Crippen LogP contribution in [0.15, 0.2) is 40.9 Å². The maximum atomic E-state index is 11.8. The van der Waals surface area contributed by atoms with Crippen LogP contribution in [0.25, 0.3) is 0 Å². The van der Waals surface area contributed by atoms with E-state index in [1.165, 1.54) is 0 Å². The third-order valence-electron chi connectivity index (χ3n) is 2.56. The lowest BCUT2D eigenvalue weighted by atomic mass is 10.1. The van der Waals surface area contributed by atoms with Crippen LogP contribution in [0, 0.1) is 6.92 Å². The molecule has 1 heterocycles. The molecule has 2 aromatic rings. The smallest absolute Gasteiger partial charge is 0.241 e. The molecule has 1 atom stereocenters. The molecule has 0 saturated carbocycles. The predicted octanol–water partition coefficient (Wildman–Crippen LogP) is 1.30. The zero-order valence-corrected chi connectivity index (χ0v) is 10.1. The minimum Gasteiger partial charge on any atom is -0.361 e. The summed E-state index contributed by atoms with van der Waals surface area (Å²) in [5, 5.41) is 6.51. The van der Waals surface area contributed by atoms with Gasteiger partial charge in [0.05, 0.1) is 6.54 Å². The van der Waals surface area contributed by atoms with Gasteiger partial charge in [-0.25, -0.2) is 0 Å². The van der Waals surface area contributed by atoms with Gasteiger partial charge < -0.3 is 15.6 Å². The van der Waals surface area contributed by atoms with Crippen molar-refractivity contribution >= 4 is 5.91 Å². The number of amides is 1. The summed E-state index contributed by atoms with van der Waals surface area (Å²) in [6.45, 7) is 2.12. The quantitative estimate of drug-likeness (QED) is 0.850. The molecule has 0 spiro atoms. The van der Waals surface area contributed by atoms with E-state index < -0.39 is 6.04 Å². The fraction of sp³-hybridized carbons (Fsp3) is 0.231. The van der Waals surface area contributed by atoms with Gasteiger partial charge in [0.25, 0.3) is 0 Å². The molecule has 5 heteroatoms. The Morgan fingerprint density at radius 1 is 1.44 bits per heavy atom. The van der Waals surface area contributed by atoms with Crippen molar-refractivity contribution in [3.05, 3.63) is 53.4 Å². The Hall–Kier alpha value is -2.14. The third kappa shape index (κ3) is 2.95. The van der Waals surface area contributed by atoms with Crippen LogP contribution in [-0.4, -0.2) is 11.1 Å². The molecular weight excluding hydrogens is 230 g/mol. The van der Waals surface area contributed by atoms with E-state index in [1.54, 1.807) is 13.0 Å². The molecule has 3 N–H and O–H groups in total. The number of nitrogens with zero attached hydrogens (tertiary/aromatic N) is 1. The van der Waals surface area contributed by atoms with Crippen LogP contribution >= 0.6 is 0 Å². The van der Waals surface area contributed by atoms with E-state index in [4.69, 9.17) is 10.3 Å². The van der Waals surface area contributed by atoms with E-state index in [9.17, 15) is 4.79 Å². The van der Waals surface area contributed by atoms with Crippen molar-refractivity contribution < 1.29 is 9.32 Å². The van der Waals surface area contributed by atoms with Gasteiger partial charge in [0, 0.05) is 6.07 Å². The molecule has 0 bridgehead atoms. The zero-order valence-electron chi connectivity index (χ0n) is 10.1. The van der Waals surface area contributed by atoms with Crippen molar-refractivity contribution in [2.24, 2.45) is 5.73 Å². The SMILES string of the molecule is Cc1cc(CNC(=O)[C@@H](N)c2ccccc2)no1. The third-order valence-corrected chi connectivity index (χ3v) is 2.56. The maximum absolute atomic E-state index is 11.8. The molecule has 0 saturated heterocycles. The summed E-state index contributed by atoms with van der Waals surface area (Å²) >= 11 is 0. The molecule has 0 radical (unpaired) electrons. The average Bonchev–Trinajstić information content (AvgIpc) is 2.82. The van der Waals surface area contributed by atoms with Gasteiger partial charge >= 0.3 is 0 Å². The van der Waals surface area contributed by atoms with Gasteiger partial charge in [0.15, 0.2) is 0 Å². The van der Waals surface area contributed by atoms with Crippen LogP contribution in [0.4, 0.5) is 0 Å². The van der Waals surface area contributed by atoms with E-state index in [0.29, 0.717) is 18.0 Å². The largest absolute Gasteiger partial charge is 0.361 e. The first-order chi connectivity index (χ1) is 8.66. The van der Waals surface area contributed by atoms with E-state index in [0.717, 1.165) is 5.56 Å². The number of aryl methyl sites for hydroxylation is 1. The molecule has 2 rings (SSSR count). The molecule has 0 unspecified atom stereocenters. The van der Waals surface area contributed by atoms with E-state index >= 15 is 0 Å². The molecule has 0 aliphatic heterocycles. The zero-order chi connectivity index (χ0) is 13.0. The monoisotopic (exact) mass is 245 g/mol. The minimum atomic E-state index is -0.667. The Morgan fingerprint density at radius 2 is 2.17 bits per heavy atom. The van der Waals surface area contributed by atoms with Gasteiger partial charge in [0.1, 0.15) is 17.5 Å². The van der Waals surface area contributed by atoms with Crippen molar-refractivity contribution in [3.63, 3.8) is 0 Å². The summed E-state index contributed by atoms with van der Waals surface area (Å²) in [7, 11) is 0. The second kappa shape index (κ2) is 5.46. The fourth-order valence-corrected chi connectivity index (χ4v) is 1.60. The molecule has 1 amide bonds. The normalized spacial score (nSPS) is 12.1. The summed E-state index contributed by atoms with van der Waals surface area (Å²) in [4.78, 5) is 11.8. The average molecular weight is 245 g/mol. The number of hydrogen-bond acceptors (Lipinski definition) is 4. The number of rotatable bonds is 4. The van der Waals surface area contributed by atoms with Crippen molar-refractivity contribution in [1.29, 1.82) is 0 Å². The molecule has 94 valence electrons. The number of benzene rings is 1. The van der Waals surface area contributed by atoms with Gasteiger partial charge in [-0.1, -0.05) is 35.5 Å². The lowest BCUT2D eigenvalue weighted by Crippen LogP contribution is -2.33. The van der Waals surface area contributed by atoms with Gasteiger partial charge in [0.2, 0.25) is 5.91 Å². The van der Waals surface area contributed by atoms with Crippen LogP contribution in [0.1, 0.15) is 23.1 Å². The highest BCUT2D eigenvalue weighted by Crippen LogP contribution is 2.09. The highest BCUT2D eigenvalue weighted by atomic mass is 16.5. The van der Waals surface area contributed by atoms with Crippen LogP contribution in [0.3, 0.4) is 0 Å². The highest BCUT2D eigenvalue weighted by molar-refractivity contribution is 5.82. The Balaban J connectivity index is 1.92. The van der Waals surface area contributed by atoms with Gasteiger partial charge in [-0.15, -0.1) is 0 Å². The maximum Gasteiger partial charge on any atom is 0.241 e. The molecule has 18 heavy (non-hydrogen) atoms. The number of carbonyl (C=O) groups excluding carboxylic acids is 1. The number of nitrogens with two attached hydrogens (primary N) is 1. The summed E-state index contributed by atoms with van der Waals surface area (Å²) in [6.07, 6.45) is 0. The highest BCUT2D eigenvalue weighted by Gasteiger charge is 2.15. The standard InChI is InChI=1S/C13H15N3O2/c1-9-7-11(16-18-9)8-15-13(17)12(14)10-5-3-2-4-6-10/h2-7,12H,8,14H2,1H3,(H,15,17)/t12-/m0/s1. The fourth-order valence-electron chi connectivity index (χ4n) is 1.60. The second-order valence-corrected chi connectivity index (χ2v) is 4.04. The Kier molecular flexibility index (Phi) is 3.74. The summed E-state index contributed by atoms with van der Waals surface area (Å²) in [5.41, 5.74) is 7.32. The number of nitrogens with one attached hydrogen (secondary N) is 1. The minimum absolute atomic E-state index is 0.234. The molecule has 5 nitrogen and oxygen atoms in total. The van der Waals surface area contributed by atoms with E-state index in [1.807, 2.05) is 30.3 Å². The van der Waals surface area contributed by atoms with Crippen molar-refractivity contribution in [3.8, 4) is 0 Å². The first-order valence-electron chi connectivity index (χ1n) is 5.67. The van der Waals surface area contributed by atoms with Crippen LogP contribution in [-0.2, 0) is 11.3 Å². The van der Waals surface area contributed by atoms with Crippen molar-refractivity contribution in [2.75, 3.05) is 0 Å². The van der Waals surface area contributed by atoms with E-state index in [2.05, 4.69) is 10.5 Å². The van der Waals surface area contributed by atoms with Gasteiger partial charge in [-0.3, -0.25) is 4.79 Å². The number of aromatic nitrogens is 1. The van der Waals surface area contributed by atoms with Crippen LogP contribution in [0.5, 0.6) is 0 Å². The predicted molar refractivity (Wildman–Crippen MR) is 66.5 cm³/mol. The van der Waals surface area contributed by atoms with Gasteiger partial charge in [-0.05, 0) is 12.5 Å². The lowest BCUT2D eigenvalue weighted by molar-refractivity contribution is -0.122. The number of hydrogen-bond donors (Lipinski definition) is 2. The Morgan fingerprint density at radius 3 is 2.78 bits per heavy atom. The van der Waals surface area contributed by atoms with E-state index in [-0.39, 0.29) is 5.91 Å². The summed E-state index contributed by atoms with van der Waals surface area (Å²) in [5.74, 6) is 0.480. The van der Waals surface area contributed by atoms with Crippen molar-refractivity contribution in [1.82, 2.24) is 10.5 Å². The topological polar surface area (TPSA) is 81.2 Å². The lowest BCUT2D eigenvalue weighted by Gasteiger charge is -2.11. The number of carbonyl (C=O) groups is 1. The Bertz CT molecular complexity index is 522. The van der Waals surface area contributed by atoms with Gasteiger partial charge in [-0.2, -0.15) is 0 Å². The molecule has 1 aromatic heterocycles. The van der Waals surface area contributed by atoms with Crippen molar-refractivity contribution in [2.45, 2.75) is 19.5 Å². The molecule has 0 fully saturated rings. The molecular formula is C13H15N3O2. The Labute approximate surface area is 105 Å².